The summed E-state index contributed by atoms with van der Waals surface area (Å²) in [5.74, 6) is 0.696. The van der Waals surface area contributed by atoms with Crippen LogP contribution in [0.15, 0.2) is 41.9 Å². The van der Waals surface area contributed by atoms with E-state index in [-0.39, 0.29) is 5.91 Å². The number of aromatic nitrogens is 2. The van der Waals surface area contributed by atoms with Gasteiger partial charge in [-0.2, -0.15) is 0 Å². The summed E-state index contributed by atoms with van der Waals surface area (Å²) in [6.07, 6.45) is 2.72. The largest absolute Gasteiger partial charge is 0.489 e. The average molecular weight is 342 g/mol. The number of thiazole rings is 1. The van der Waals surface area contributed by atoms with Gasteiger partial charge in [0.2, 0.25) is 5.91 Å². The van der Waals surface area contributed by atoms with Crippen LogP contribution in [0.1, 0.15) is 12.1 Å². The Hall–Kier alpha value is -2.67. The summed E-state index contributed by atoms with van der Waals surface area (Å²) in [6.45, 7) is 0.840. The van der Waals surface area contributed by atoms with E-state index >= 15 is 0 Å². The highest BCUT2D eigenvalue weighted by Crippen LogP contribution is 2.22. The maximum atomic E-state index is 11.8. The van der Waals surface area contributed by atoms with E-state index in [0.717, 1.165) is 22.3 Å². The molecular formula is C17H18N4O2S. The number of fused-ring (bicyclic) bond motifs is 1. The molecule has 2 heterocycles. The van der Waals surface area contributed by atoms with Crippen LogP contribution in [0.4, 0.5) is 5.13 Å². The SMILES string of the molecule is Nc1nc(CCC(=O)NCCOc2cccc3cccnc23)cs1. The van der Waals surface area contributed by atoms with Crippen LogP contribution in [0.25, 0.3) is 10.9 Å². The van der Waals surface area contributed by atoms with Crippen molar-refractivity contribution in [2.24, 2.45) is 0 Å². The fourth-order valence-electron chi connectivity index (χ4n) is 2.31. The molecule has 0 radical (unpaired) electrons. The van der Waals surface area contributed by atoms with Gasteiger partial charge in [-0.25, -0.2) is 4.98 Å². The summed E-state index contributed by atoms with van der Waals surface area (Å²) in [4.78, 5) is 20.3. The van der Waals surface area contributed by atoms with Gasteiger partial charge in [-0.15, -0.1) is 11.3 Å². The van der Waals surface area contributed by atoms with Crippen LogP contribution in [0.5, 0.6) is 5.75 Å². The molecular weight excluding hydrogens is 324 g/mol. The minimum Gasteiger partial charge on any atom is -0.489 e. The smallest absolute Gasteiger partial charge is 0.220 e. The second-order valence-electron chi connectivity index (χ2n) is 5.21. The van der Waals surface area contributed by atoms with Gasteiger partial charge in [-0.05, 0) is 18.6 Å². The van der Waals surface area contributed by atoms with E-state index in [2.05, 4.69) is 15.3 Å². The first-order chi connectivity index (χ1) is 11.7. The zero-order valence-electron chi connectivity index (χ0n) is 13.1. The minimum atomic E-state index is -0.0267. The third kappa shape index (κ3) is 4.20. The Labute approximate surface area is 143 Å². The first kappa shape index (κ1) is 16.2. The van der Waals surface area contributed by atoms with Gasteiger partial charge >= 0.3 is 0 Å². The molecule has 0 aliphatic rings. The highest BCUT2D eigenvalue weighted by atomic mass is 32.1. The number of hydrogen-bond donors (Lipinski definition) is 2. The van der Waals surface area contributed by atoms with E-state index < -0.39 is 0 Å². The van der Waals surface area contributed by atoms with Crippen LogP contribution < -0.4 is 15.8 Å². The third-order valence-electron chi connectivity index (χ3n) is 3.46. The first-order valence-corrected chi connectivity index (χ1v) is 8.53. The van der Waals surface area contributed by atoms with Gasteiger partial charge in [0, 0.05) is 23.4 Å². The molecule has 3 rings (SSSR count). The molecule has 0 aliphatic carbocycles. The number of nitrogens with one attached hydrogen (secondary N) is 1. The molecule has 124 valence electrons. The molecule has 24 heavy (non-hydrogen) atoms. The van der Waals surface area contributed by atoms with E-state index in [9.17, 15) is 4.79 Å². The number of aryl methyl sites for hydroxylation is 1. The lowest BCUT2D eigenvalue weighted by Crippen LogP contribution is -2.28. The molecule has 3 N–H and O–H groups in total. The predicted octanol–water partition coefficient (Wildman–Crippen LogP) is 2.40. The standard InChI is InChI=1S/C17H18N4O2S/c18-17-21-13(11-24-17)6-7-15(22)19-9-10-23-14-5-1-3-12-4-2-8-20-16(12)14/h1-5,8,11H,6-7,9-10H2,(H2,18,21)(H,19,22). The fraction of sp³-hybridized carbons (Fsp3) is 0.235. The molecule has 0 atom stereocenters. The number of carbonyl (C=O) groups excluding carboxylic acids is 1. The van der Waals surface area contributed by atoms with Crippen LogP contribution in [0, 0.1) is 0 Å². The lowest BCUT2D eigenvalue weighted by molar-refractivity contribution is -0.121. The summed E-state index contributed by atoms with van der Waals surface area (Å²) in [5, 5.41) is 6.27. The van der Waals surface area contributed by atoms with Gasteiger partial charge in [0.1, 0.15) is 17.9 Å². The van der Waals surface area contributed by atoms with Crippen molar-refractivity contribution in [3.8, 4) is 5.75 Å². The van der Waals surface area contributed by atoms with Crippen LogP contribution in [-0.4, -0.2) is 29.0 Å². The highest BCUT2D eigenvalue weighted by Gasteiger charge is 2.06. The van der Waals surface area contributed by atoms with Crippen LogP contribution in [0.3, 0.4) is 0 Å². The van der Waals surface area contributed by atoms with Crippen molar-refractivity contribution in [1.29, 1.82) is 0 Å². The maximum Gasteiger partial charge on any atom is 0.220 e. The molecule has 1 aromatic carbocycles. The molecule has 6 nitrogen and oxygen atoms in total. The molecule has 7 heteroatoms. The monoisotopic (exact) mass is 342 g/mol. The van der Waals surface area contributed by atoms with E-state index in [1.54, 1.807) is 6.20 Å². The van der Waals surface area contributed by atoms with Crippen molar-refractivity contribution in [2.45, 2.75) is 12.8 Å². The van der Waals surface area contributed by atoms with Gasteiger partial charge in [-0.3, -0.25) is 9.78 Å². The summed E-state index contributed by atoms with van der Waals surface area (Å²) >= 11 is 1.39. The Balaban J connectivity index is 1.42. The zero-order valence-corrected chi connectivity index (χ0v) is 13.9. The number of amides is 1. The van der Waals surface area contributed by atoms with Crippen LogP contribution >= 0.6 is 11.3 Å². The Kier molecular flexibility index (Phi) is 5.22. The molecule has 1 amide bonds. The second kappa shape index (κ2) is 7.74. The first-order valence-electron chi connectivity index (χ1n) is 7.65. The Morgan fingerprint density at radius 2 is 2.17 bits per heavy atom. The molecule has 0 saturated heterocycles. The Bertz CT molecular complexity index is 829. The van der Waals surface area contributed by atoms with E-state index in [4.69, 9.17) is 10.5 Å². The molecule has 0 spiro atoms. The second-order valence-corrected chi connectivity index (χ2v) is 6.10. The summed E-state index contributed by atoms with van der Waals surface area (Å²) in [7, 11) is 0. The van der Waals surface area contributed by atoms with E-state index in [1.165, 1.54) is 11.3 Å². The third-order valence-corrected chi connectivity index (χ3v) is 4.18. The van der Waals surface area contributed by atoms with Crippen molar-refractivity contribution < 1.29 is 9.53 Å². The number of rotatable bonds is 7. The van der Waals surface area contributed by atoms with Crippen molar-refractivity contribution >= 4 is 33.3 Å². The lowest BCUT2D eigenvalue weighted by Gasteiger charge is -2.09. The van der Waals surface area contributed by atoms with Crippen LogP contribution in [-0.2, 0) is 11.2 Å². The number of anilines is 1. The highest BCUT2D eigenvalue weighted by molar-refractivity contribution is 7.13. The molecule has 0 unspecified atom stereocenters. The quantitative estimate of drug-likeness (QED) is 0.644. The number of nitrogen functional groups attached to an aromatic ring is 1. The van der Waals surface area contributed by atoms with Gasteiger partial charge < -0.3 is 15.8 Å². The lowest BCUT2D eigenvalue weighted by atomic mass is 10.2. The Morgan fingerprint density at radius 1 is 1.29 bits per heavy atom. The number of ether oxygens (including phenoxy) is 1. The topological polar surface area (TPSA) is 90.1 Å². The number of hydrogen-bond acceptors (Lipinski definition) is 6. The predicted molar refractivity (Wildman–Crippen MR) is 95.1 cm³/mol. The van der Waals surface area contributed by atoms with Crippen LogP contribution in [0.2, 0.25) is 0 Å². The van der Waals surface area contributed by atoms with Gasteiger partial charge in [0.05, 0.1) is 12.2 Å². The summed E-state index contributed by atoms with van der Waals surface area (Å²) in [5.41, 5.74) is 7.24. The van der Waals surface area contributed by atoms with Crippen molar-refractivity contribution in [3.05, 3.63) is 47.6 Å². The van der Waals surface area contributed by atoms with Crippen molar-refractivity contribution in [2.75, 3.05) is 18.9 Å². The van der Waals surface area contributed by atoms with Crippen molar-refractivity contribution in [3.63, 3.8) is 0 Å². The molecule has 2 aromatic heterocycles. The number of carbonyl (C=O) groups is 1. The summed E-state index contributed by atoms with van der Waals surface area (Å²) in [6, 6.07) is 9.67. The molecule has 3 aromatic rings. The van der Waals surface area contributed by atoms with Gasteiger partial charge in [0.15, 0.2) is 5.13 Å². The van der Waals surface area contributed by atoms with Crippen molar-refractivity contribution in [1.82, 2.24) is 15.3 Å². The number of para-hydroxylation sites is 1. The van der Waals surface area contributed by atoms with Gasteiger partial charge in [-0.1, -0.05) is 18.2 Å². The van der Waals surface area contributed by atoms with E-state index in [0.29, 0.717) is 31.1 Å². The molecule has 0 aliphatic heterocycles. The van der Waals surface area contributed by atoms with E-state index in [1.807, 2.05) is 35.7 Å². The average Bonchev–Trinajstić information content (AvgIpc) is 3.02. The number of pyridine rings is 1. The number of nitrogens with two attached hydrogens (primary N) is 1. The Morgan fingerprint density at radius 3 is 3.00 bits per heavy atom. The molecule has 0 fully saturated rings. The minimum absolute atomic E-state index is 0.0267. The number of benzene rings is 1. The maximum absolute atomic E-state index is 11.8. The fourth-order valence-corrected chi connectivity index (χ4v) is 2.91. The normalized spacial score (nSPS) is 10.7. The molecule has 0 saturated carbocycles. The van der Waals surface area contributed by atoms with Gasteiger partial charge in [0.25, 0.3) is 0 Å². The number of nitrogens with zero attached hydrogens (tertiary/aromatic N) is 2. The summed E-state index contributed by atoms with van der Waals surface area (Å²) < 4.78 is 5.73. The molecule has 0 bridgehead atoms. The zero-order chi connectivity index (χ0) is 16.8.